The molecule has 0 saturated carbocycles. The Morgan fingerprint density at radius 2 is 1.93 bits per heavy atom. The number of esters is 2. The predicted octanol–water partition coefficient (Wildman–Crippen LogP) is 4.46. The van der Waals surface area contributed by atoms with E-state index in [0.717, 1.165) is 18.6 Å². The lowest BCUT2D eigenvalue weighted by molar-refractivity contribution is -0.385. The molecular weight excluding hydrogens is 386 g/mol. The van der Waals surface area contributed by atoms with Crippen LogP contribution in [0.5, 0.6) is 5.75 Å². The number of carbonyl (C=O) groups excluding carboxylic acids is 2. The normalized spacial score (nSPS) is 14.6. The minimum atomic E-state index is -0.741. The number of rotatable bonds is 4. The van der Waals surface area contributed by atoms with E-state index in [1.165, 1.54) is 18.2 Å². The van der Waals surface area contributed by atoms with Crippen LogP contribution in [0.2, 0.25) is 5.02 Å². The standard InChI is InChI=1S/C20H14ClNO6/c1-11-3-5-13(6-4-11)18-9-15(20(24)28-18)7-14-8-16(21)10-17(22(25)26)19(14)27-12(2)23/h3-10H,1-2H3/b15-7-. The zero-order chi connectivity index (χ0) is 20.4. The average Bonchev–Trinajstić information content (AvgIpc) is 2.97. The molecule has 1 aliphatic rings. The third kappa shape index (κ3) is 4.10. The van der Waals surface area contributed by atoms with E-state index >= 15 is 0 Å². The van der Waals surface area contributed by atoms with Crippen molar-refractivity contribution in [2.75, 3.05) is 0 Å². The summed E-state index contributed by atoms with van der Waals surface area (Å²) in [7, 11) is 0. The Morgan fingerprint density at radius 1 is 1.25 bits per heavy atom. The number of aryl methyl sites for hydroxylation is 1. The topological polar surface area (TPSA) is 95.7 Å². The molecule has 0 amide bonds. The first-order valence-electron chi connectivity index (χ1n) is 8.13. The van der Waals surface area contributed by atoms with Gasteiger partial charge in [0.05, 0.1) is 10.5 Å². The van der Waals surface area contributed by atoms with Crippen molar-refractivity contribution in [2.45, 2.75) is 13.8 Å². The Labute approximate surface area is 165 Å². The van der Waals surface area contributed by atoms with E-state index < -0.39 is 22.5 Å². The van der Waals surface area contributed by atoms with Gasteiger partial charge in [0.2, 0.25) is 5.75 Å². The maximum atomic E-state index is 12.2. The zero-order valence-corrected chi connectivity index (χ0v) is 15.6. The van der Waals surface area contributed by atoms with E-state index in [2.05, 4.69) is 0 Å². The Bertz CT molecular complexity index is 1050. The number of carbonyl (C=O) groups is 2. The molecule has 28 heavy (non-hydrogen) atoms. The van der Waals surface area contributed by atoms with E-state index in [1.54, 1.807) is 0 Å². The minimum absolute atomic E-state index is 0.0588. The summed E-state index contributed by atoms with van der Waals surface area (Å²) in [6.07, 6.45) is 2.85. The smallest absolute Gasteiger partial charge is 0.343 e. The van der Waals surface area contributed by atoms with Crippen LogP contribution < -0.4 is 4.74 Å². The second-order valence-corrected chi connectivity index (χ2v) is 6.49. The number of cyclic esters (lactones) is 1. The van der Waals surface area contributed by atoms with Crippen LogP contribution in [0.1, 0.15) is 23.6 Å². The monoisotopic (exact) mass is 399 g/mol. The van der Waals surface area contributed by atoms with Crippen molar-refractivity contribution in [3.8, 4) is 5.75 Å². The summed E-state index contributed by atoms with van der Waals surface area (Å²) in [4.78, 5) is 34.2. The van der Waals surface area contributed by atoms with Gasteiger partial charge >= 0.3 is 17.6 Å². The van der Waals surface area contributed by atoms with Gasteiger partial charge < -0.3 is 9.47 Å². The molecule has 0 N–H and O–H groups in total. The summed E-state index contributed by atoms with van der Waals surface area (Å²) in [5, 5.41) is 11.4. The second-order valence-electron chi connectivity index (χ2n) is 6.06. The van der Waals surface area contributed by atoms with E-state index in [4.69, 9.17) is 21.1 Å². The highest BCUT2D eigenvalue weighted by atomic mass is 35.5. The molecule has 0 unspecified atom stereocenters. The number of benzene rings is 2. The first kappa shape index (κ1) is 19.3. The van der Waals surface area contributed by atoms with Crippen LogP contribution in [-0.4, -0.2) is 16.9 Å². The highest BCUT2D eigenvalue weighted by Gasteiger charge is 2.26. The Kier molecular flexibility index (Phi) is 5.28. The van der Waals surface area contributed by atoms with Crippen LogP contribution in [0.15, 0.2) is 48.0 Å². The molecule has 0 aromatic heterocycles. The number of hydrogen-bond donors (Lipinski definition) is 0. The Hall–Kier alpha value is -3.45. The number of nitro groups is 1. The molecule has 2 aromatic rings. The average molecular weight is 400 g/mol. The summed E-state index contributed by atoms with van der Waals surface area (Å²) in [5.41, 5.74) is 1.54. The number of nitro benzene ring substituents is 1. The fourth-order valence-electron chi connectivity index (χ4n) is 2.61. The van der Waals surface area contributed by atoms with Gasteiger partial charge in [0.25, 0.3) is 0 Å². The molecule has 0 atom stereocenters. The molecule has 0 aliphatic carbocycles. The van der Waals surface area contributed by atoms with E-state index in [1.807, 2.05) is 31.2 Å². The summed E-state index contributed by atoms with van der Waals surface area (Å²) < 4.78 is 10.3. The lowest BCUT2D eigenvalue weighted by atomic mass is 10.1. The fourth-order valence-corrected chi connectivity index (χ4v) is 2.84. The van der Waals surface area contributed by atoms with Gasteiger partial charge in [-0.05, 0) is 25.1 Å². The number of nitrogens with zero attached hydrogens (tertiary/aromatic N) is 1. The second kappa shape index (κ2) is 7.66. The van der Waals surface area contributed by atoms with Crippen LogP contribution in [0.4, 0.5) is 5.69 Å². The number of ether oxygens (including phenoxy) is 2. The molecule has 0 fully saturated rings. The van der Waals surface area contributed by atoms with Crippen LogP contribution in [0.25, 0.3) is 11.8 Å². The molecule has 1 heterocycles. The minimum Gasteiger partial charge on any atom is -0.422 e. The van der Waals surface area contributed by atoms with Crippen molar-refractivity contribution in [3.63, 3.8) is 0 Å². The maximum Gasteiger partial charge on any atom is 0.343 e. The van der Waals surface area contributed by atoms with Gasteiger partial charge in [-0.25, -0.2) is 4.79 Å². The van der Waals surface area contributed by atoms with Crippen molar-refractivity contribution >= 4 is 41.1 Å². The van der Waals surface area contributed by atoms with Crippen molar-refractivity contribution in [3.05, 3.63) is 79.9 Å². The van der Waals surface area contributed by atoms with Gasteiger partial charge in [-0.3, -0.25) is 14.9 Å². The summed E-state index contributed by atoms with van der Waals surface area (Å²) in [5.74, 6) is -1.32. The lowest BCUT2D eigenvalue weighted by Gasteiger charge is -2.07. The first-order chi connectivity index (χ1) is 13.2. The van der Waals surface area contributed by atoms with Gasteiger partial charge in [-0.1, -0.05) is 41.4 Å². The molecule has 1 aliphatic heterocycles. The third-order valence-corrected chi connectivity index (χ3v) is 4.10. The number of hydrogen-bond acceptors (Lipinski definition) is 6. The van der Waals surface area contributed by atoms with E-state index in [0.29, 0.717) is 11.3 Å². The zero-order valence-electron chi connectivity index (χ0n) is 14.9. The van der Waals surface area contributed by atoms with Gasteiger partial charge in [0.1, 0.15) is 5.76 Å². The lowest BCUT2D eigenvalue weighted by Crippen LogP contribution is -2.06. The van der Waals surface area contributed by atoms with Gasteiger partial charge in [0, 0.05) is 29.1 Å². The predicted molar refractivity (Wildman–Crippen MR) is 103 cm³/mol. The first-order valence-corrected chi connectivity index (χ1v) is 8.51. The van der Waals surface area contributed by atoms with Crippen LogP contribution in [0.3, 0.4) is 0 Å². The SMILES string of the molecule is CC(=O)Oc1c(/C=C2/C=C(c3ccc(C)cc3)OC2=O)cc(Cl)cc1[N+](=O)[O-]. The van der Waals surface area contributed by atoms with E-state index in [-0.39, 0.29) is 21.9 Å². The molecular formula is C20H14ClNO6. The Morgan fingerprint density at radius 3 is 2.54 bits per heavy atom. The molecule has 0 spiro atoms. The van der Waals surface area contributed by atoms with Gasteiger partial charge in [-0.2, -0.15) is 0 Å². The van der Waals surface area contributed by atoms with Crippen molar-refractivity contribution in [1.82, 2.24) is 0 Å². The number of halogens is 1. The van der Waals surface area contributed by atoms with Crippen LogP contribution >= 0.6 is 11.6 Å². The highest BCUT2D eigenvalue weighted by Crippen LogP contribution is 2.37. The highest BCUT2D eigenvalue weighted by molar-refractivity contribution is 6.31. The summed E-state index contributed by atoms with van der Waals surface area (Å²) >= 11 is 5.96. The fraction of sp³-hybridized carbons (Fsp3) is 0.100. The molecule has 0 radical (unpaired) electrons. The molecule has 2 aromatic carbocycles. The van der Waals surface area contributed by atoms with Crippen molar-refractivity contribution in [2.24, 2.45) is 0 Å². The quantitative estimate of drug-likeness (QED) is 0.247. The van der Waals surface area contributed by atoms with Gasteiger partial charge in [-0.15, -0.1) is 0 Å². The summed E-state index contributed by atoms with van der Waals surface area (Å²) in [6, 6.07) is 9.82. The van der Waals surface area contributed by atoms with Crippen molar-refractivity contribution < 1.29 is 24.0 Å². The molecule has 7 nitrogen and oxygen atoms in total. The largest absolute Gasteiger partial charge is 0.422 e. The third-order valence-electron chi connectivity index (χ3n) is 3.88. The molecule has 8 heteroatoms. The maximum absolute atomic E-state index is 12.2. The van der Waals surface area contributed by atoms with Crippen LogP contribution in [0, 0.1) is 17.0 Å². The molecule has 0 bridgehead atoms. The molecule has 142 valence electrons. The van der Waals surface area contributed by atoms with Gasteiger partial charge in [0.15, 0.2) is 0 Å². The van der Waals surface area contributed by atoms with E-state index in [9.17, 15) is 19.7 Å². The Balaban J connectivity index is 2.09. The summed E-state index contributed by atoms with van der Waals surface area (Å²) in [6.45, 7) is 3.06. The molecule has 3 rings (SSSR count). The van der Waals surface area contributed by atoms with Crippen molar-refractivity contribution in [1.29, 1.82) is 0 Å². The van der Waals surface area contributed by atoms with Crippen LogP contribution in [-0.2, 0) is 14.3 Å². The molecule has 0 saturated heterocycles.